The molecule has 1 atom stereocenters. The number of hydrogen-bond acceptors (Lipinski definition) is 6. The molecule has 1 aromatic heterocycles. The molecule has 2 N–H and O–H groups in total. The van der Waals surface area contributed by atoms with Crippen LogP contribution in [0.5, 0.6) is 5.88 Å². The van der Waals surface area contributed by atoms with Crippen LogP contribution in [0, 0.1) is 28.6 Å². The van der Waals surface area contributed by atoms with Gasteiger partial charge in [-0.3, -0.25) is 15.3 Å². The monoisotopic (exact) mass is 344 g/mol. The molecule has 3 rings (SSSR count). The SMILES string of the molecule is CCCc1[nH]nc2c1C1(CCC(C(=O)OCC)CC1)C(C#N)C(=N)O2. The Morgan fingerprint density at radius 3 is 2.80 bits per heavy atom. The predicted octanol–water partition coefficient (Wildman–Crippen LogP) is 2.86. The van der Waals surface area contributed by atoms with Gasteiger partial charge >= 0.3 is 5.97 Å². The van der Waals surface area contributed by atoms with E-state index in [4.69, 9.17) is 14.9 Å². The third-order valence-corrected chi connectivity index (χ3v) is 5.45. The minimum absolute atomic E-state index is 0.0425. The Hall–Kier alpha value is -2.36. The van der Waals surface area contributed by atoms with Crippen LogP contribution in [0.3, 0.4) is 0 Å². The van der Waals surface area contributed by atoms with Gasteiger partial charge in [0.05, 0.1) is 18.6 Å². The number of nitrogens with zero attached hydrogens (tertiary/aromatic N) is 2. The van der Waals surface area contributed by atoms with Gasteiger partial charge in [0.25, 0.3) is 0 Å². The second kappa shape index (κ2) is 6.87. The van der Waals surface area contributed by atoms with Crippen molar-refractivity contribution in [3.05, 3.63) is 11.3 Å². The smallest absolute Gasteiger partial charge is 0.308 e. The first-order chi connectivity index (χ1) is 12.1. The lowest BCUT2D eigenvalue weighted by molar-refractivity contribution is -0.149. The summed E-state index contributed by atoms with van der Waals surface area (Å²) in [5.41, 5.74) is 1.43. The fourth-order valence-electron chi connectivity index (χ4n) is 4.29. The van der Waals surface area contributed by atoms with Crippen molar-refractivity contribution in [3.8, 4) is 11.9 Å². The van der Waals surface area contributed by atoms with E-state index in [1.165, 1.54) is 0 Å². The average molecular weight is 344 g/mol. The van der Waals surface area contributed by atoms with Crippen LogP contribution in [0.15, 0.2) is 0 Å². The average Bonchev–Trinajstić information content (AvgIpc) is 2.99. The number of carbonyl (C=O) groups excluding carboxylic acids is 1. The number of aromatic amines is 1. The molecule has 1 spiro atoms. The molecule has 2 heterocycles. The zero-order chi connectivity index (χ0) is 18.0. The van der Waals surface area contributed by atoms with Crippen molar-refractivity contribution in [2.75, 3.05) is 6.61 Å². The highest BCUT2D eigenvalue weighted by atomic mass is 16.5. The molecule has 25 heavy (non-hydrogen) atoms. The van der Waals surface area contributed by atoms with Crippen LogP contribution < -0.4 is 4.74 Å². The number of rotatable bonds is 4. The molecule has 0 bridgehead atoms. The van der Waals surface area contributed by atoms with E-state index in [2.05, 4.69) is 23.2 Å². The molecular weight excluding hydrogens is 320 g/mol. The molecule has 134 valence electrons. The number of nitriles is 1. The Labute approximate surface area is 147 Å². The molecule has 1 aromatic rings. The Kier molecular flexibility index (Phi) is 4.80. The number of H-pyrrole nitrogens is 1. The third kappa shape index (κ3) is 2.80. The van der Waals surface area contributed by atoms with Crippen LogP contribution in [0.1, 0.15) is 57.2 Å². The molecule has 1 aliphatic heterocycles. The summed E-state index contributed by atoms with van der Waals surface area (Å²) >= 11 is 0. The fraction of sp³-hybridized carbons (Fsp3) is 0.667. The van der Waals surface area contributed by atoms with E-state index in [1.54, 1.807) is 0 Å². The summed E-state index contributed by atoms with van der Waals surface area (Å²) in [5, 5.41) is 25.2. The maximum absolute atomic E-state index is 12.1. The zero-order valence-corrected chi connectivity index (χ0v) is 14.7. The summed E-state index contributed by atoms with van der Waals surface area (Å²) in [7, 11) is 0. The highest BCUT2D eigenvalue weighted by Gasteiger charge is 2.53. The molecule has 7 heteroatoms. The van der Waals surface area contributed by atoms with Gasteiger partial charge in [0, 0.05) is 16.7 Å². The molecule has 2 aliphatic rings. The summed E-state index contributed by atoms with van der Waals surface area (Å²) < 4.78 is 10.7. The first kappa shape index (κ1) is 17.5. The highest BCUT2D eigenvalue weighted by molar-refractivity contribution is 5.85. The van der Waals surface area contributed by atoms with Gasteiger partial charge in [-0.25, -0.2) is 0 Å². The molecule has 1 saturated carbocycles. The van der Waals surface area contributed by atoms with Crippen molar-refractivity contribution < 1.29 is 14.3 Å². The first-order valence-corrected chi connectivity index (χ1v) is 8.97. The summed E-state index contributed by atoms with van der Waals surface area (Å²) in [6.45, 7) is 4.28. The van der Waals surface area contributed by atoms with Crippen molar-refractivity contribution in [1.29, 1.82) is 10.7 Å². The summed E-state index contributed by atoms with van der Waals surface area (Å²) in [4.78, 5) is 12.1. The lowest BCUT2D eigenvalue weighted by atomic mass is 9.59. The molecule has 0 saturated heterocycles. The molecule has 7 nitrogen and oxygen atoms in total. The number of nitrogens with one attached hydrogen (secondary N) is 2. The molecule has 0 radical (unpaired) electrons. The fourth-order valence-corrected chi connectivity index (χ4v) is 4.29. The number of hydrogen-bond donors (Lipinski definition) is 2. The Morgan fingerprint density at radius 1 is 1.48 bits per heavy atom. The topological polar surface area (TPSA) is 112 Å². The maximum atomic E-state index is 12.1. The summed E-state index contributed by atoms with van der Waals surface area (Å²) in [6, 6.07) is 2.28. The van der Waals surface area contributed by atoms with Gasteiger partial charge in [-0.2, -0.15) is 5.26 Å². The largest absolute Gasteiger partial charge is 0.466 e. The van der Waals surface area contributed by atoms with E-state index >= 15 is 0 Å². The summed E-state index contributed by atoms with van der Waals surface area (Å²) in [6.07, 6.45) is 4.39. The minimum Gasteiger partial charge on any atom is -0.466 e. The number of carbonyl (C=O) groups is 1. The Balaban J connectivity index is 1.96. The molecule has 1 aliphatic carbocycles. The number of ether oxygens (including phenoxy) is 2. The van der Waals surface area contributed by atoms with Crippen molar-refractivity contribution in [2.45, 2.75) is 57.8 Å². The zero-order valence-electron chi connectivity index (χ0n) is 14.7. The number of aromatic nitrogens is 2. The van der Waals surface area contributed by atoms with Gasteiger partial charge in [0.1, 0.15) is 5.92 Å². The second-order valence-corrected chi connectivity index (χ2v) is 6.84. The van der Waals surface area contributed by atoms with E-state index in [9.17, 15) is 10.1 Å². The van der Waals surface area contributed by atoms with E-state index in [0.717, 1.165) is 24.1 Å². The van der Waals surface area contributed by atoms with Crippen LogP contribution in [0.2, 0.25) is 0 Å². The van der Waals surface area contributed by atoms with Crippen LogP contribution in [-0.2, 0) is 21.4 Å². The standard InChI is InChI=1S/C18H24N4O3/c1-3-5-13-14-16(22-21-13)25-15(20)12(10-19)18(14)8-6-11(7-9-18)17(23)24-4-2/h11-12,20H,3-9H2,1-2H3,(H,21,22). The quantitative estimate of drug-likeness (QED) is 0.816. The van der Waals surface area contributed by atoms with Crippen molar-refractivity contribution in [2.24, 2.45) is 11.8 Å². The molecular formula is C18H24N4O3. The normalized spacial score (nSPS) is 28.1. The van der Waals surface area contributed by atoms with Gasteiger partial charge in [0.15, 0.2) is 0 Å². The predicted molar refractivity (Wildman–Crippen MR) is 90.3 cm³/mol. The molecule has 1 fully saturated rings. The Bertz CT molecular complexity index is 710. The maximum Gasteiger partial charge on any atom is 0.308 e. The van der Waals surface area contributed by atoms with Gasteiger partial charge in [-0.05, 0) is 39.0 Å². The van der Waals surface area contributed by atoms with Gasteiger partial charge in [0.2, 0.25) is 11.8 Å². The number of esters is 1. The van der Waals surface area contributed by atoms with E-state index in [-0.39, 0.29) is 17.8 Å². The highest BCUT2D eigenvalue weighted by Crippen LogP contribution is 2.53. The van der Waals surface area contributed by atoms with E-state index in [0.29, 0.717) is 38.2 Å². The van der Waals surface area contributed by atoms with Crippen LogP contribution >= 0.6 is 0 Å². The van der Waals surface area contributed by atoms with Crippen LogP contribution in [0.4, 0.5) is 0 Å². The van der Waals surface area contributed by atoms with Crippen molar-refractivity contribution in [3.63, 3.8) is 0 Å². The van der Waals surface area contributed by atoms with Gasteiger partial charge in [-0.15, -0.1) is 5.10 Å². The van der Waals surface area contributed by atoms with Gasteiger partial charge in [-0.1, -0.05) is 13.3 Å². The molecule has 0 aromatic carbocycles. The summed E-state index contributed by atoms with van der Waals surface area (Å²) in [5.74, 6) is -0.550. The lowest BCUT2D eigenvalue weighted by Gasteiger charge is -2.44. The van der Waals surface area contributed by atoms with Crippen LogP contribution in [0.25, 0.3) is 0 Å². The number of aryl methyl sites for hydroxylation is 1. The molecule has 0 amide bonds. The minimum atomic E-state index is -0.642. The van der Waals surface area contributed by atoms with Crippen molar-refractivity contribution >= 4 is 11.9 Å². The second-order valence-electron chi connectivity index (χ2n) is 6.84. The van der Waals surface area contributed by atoms with E-state index in [1.807, 2.05) is 6.92 Å². The first-order valence-electron chi connectivity index (χ1n) is 8.97. The third-order valence-electron chi connectivity index (χ3n) is 5.45. The Morgan fingerprint density at radius 2 is 2.20 bits per heavy atom. The van der Waals surface area contributed by atoms with Crippen LogP contribution in [-0.4, -0.2) is 28.7 Å². The van der Waals surface area contributed by atoms with Gasteiger partial charge < -0.3 is 9.47 Å². The van der Waals surface area contributed by atoms with Crippen molar-refractivity contribution in [1.82, 2.24) is 10.2 Å². The molecule has 1 unspecified atom stereocenters. The lowest BCUT2D eigenvalue weighted by Crippen LogP contribution is -2.48. The van der Waals surface area contributed by atoms with E-state index < -0.39 is 11.3 Å². The number of fused-ring (bicyclic) bond motifs is 2.